The normalized spacial score (nSPS) is 11.4. The van der Waals surface area contributed by atoms with Gasteiger partial charge in [0.2, 0.25) is 9.84 Å². The number of aryl methyl sites for hydroxylation is 2. The van der Waals surface area contributed by atoms with Crippen LogP contribution in [0.25, 0.3) is 10.9 Å². The SMILES string of the molecule is Cc1ccc(S(=O)(=O)c2cccc(C)c2C(=S)Nc2cccc3cccnc23)cc1. The Hall–Kier alpha value is -3.09. The van der Waals surface area contributed by atoms with Crippen molar-refractivity contribution < 1.29 is 8.42 Å². The van der Waals surface area contributed by atoms with E-state index in [9.17, 15) is 8.42 Å². The minimum Gasteiger partial charge on any atom is -0.344 e. The third-order valence-corrected chi connectivity index (χ3v) is 7.08. The highest BCUT2D eigenvalue weighted by Crippen LogP contribution is 2.29. The second kappa shape index (κ2) is 7.97. The van der Waals surface area contributed by atoms with Crippen LogP contribution in [-0.2, 0) is 9.84 Å². The van der Waals surface area contributed by atoms with Crippen LogP contribution in [0.1, 0.15) is 16.7 Å². The summed E-state index contributed by atoms with van der Waals surface area (Å²) in [5.74, 6) is 0. The number of hydrogen-bond donors (Lipinski definition) is 1. The number of pyridine rings is 1. The van der Waals surface area contributed by atoms with Crippen molar-refractivity contribution >= 4 is 43.6 Å². The predicted molar refractivity (Wildman–Crippen MR) is 125 cm³/mol. The van der Waals surface area contributed by atoms with Gasteiger partial charge in [-0.2, -0.15) is 0 Å². The summed E-state index contributed by atoms with van der Waals surface area (Å²) in [6, 6.07) is 21.6. The van der Waals surface area contributed by atoms with Crippen LogP contribution in [0.2, 0.25) is 0 Å². The van der Waals surface area contributed by atoms with Gasteiger partial charge in [-0.1, -0.05) is 60.2 Å². The van der Waals surface area contributed by atoms with Crippen molar-refractivity contribution in [2.45, 2.75) is 23.6 Å². The standard InChI is InChI=1S/C24H20N2O2S2/c1-16-11-13-19(14-12-16)30(27,28)21-10-3-6-17(2)22(21)24(29)26-20-9-4-7-18-8-5-15-25-23(18)20/h3-15H,1-2H3,(H,26,29). The maximum absolute atomic E-state index is 13.4. The lowest BCUT2D eigenvalue weighted by Crippen LogP contribution is -2.17. The van der Waals surface area contributed by atoms with Crippen LogP contribution in [-0.4, -0.2) is 18.4 Å². The molecule has 150 valence electrons. The Morgan fingerprint density at radius 2 is 1.60 bits per heavy atom. The summed E-state index contributed by atoms with van der Waals surface area (Å²) in [7, 11) is -3.73. The number of thiocarbonyl (C=S) groups is 1. The Labute approximate surface area is 181 Å². The number of nitrogens with zero attached hydrogens (tertiary/aromatic N) is 1. The van der Waals surface area contributed by atoms with Gasteiger partial charge in [-0.25, -0.2) is 8.42 Å². The van der Waals surface area contributed by atoms with Crippen LogP contribution < -0.4 is 5.32 Å². The van der Waals surface area contributed by atoms with Gasteiger partial charge in [0.05, 0.1) is 21.0 Å². The van der Waals surface area contributed by atoms with Crippen molar-refractivity contribution in [2.24, 2.45) is 0 Å². The third kappa shape index (κ3) is 3.72. The van der Waals surface area contributed by atoms with E-state index >= 15 is 0 Å². The van der Waals surface area contributed by atoms with Crippen LogP contribution in [0.5, 0.6) is 0 Å². The van der Waals surface area contributed by atoms with Crippen LogP contribution in [0.4, 0.5) is 5.69 Å². The third-order valence-electron chi connectivity index (χ3n) is 4.96. The van der Waals surface area contributed by atoms with E-state index in [-0.39, 0.29) is 9.79 Å². The predicted octanol–water partition coefficient (Wildman–Crippen LogP) is 5.47. The molecule has 4 aromatic rings. The molecule has 1 aromatic heterocycles. The number of sulfone groups is 1. The van der Waals surface area contributed by atoms with Crippen molar-refractivity contribution in [3.8, 4) is 0 Å². The molecule has 0 aliphatic heterocycles. The summed E-state index contributed by atoms with van der Waals surface area (Å²) in [5, 5.41) is 4.19. The van der Waals surface area contributed by atoms with Gasteiger partial charge in [-0.05, 0) is 49.7 Å². The van der Waals surface area contributed by atoms with Crippen molar-refractivity contribution in [2.75, 3.05) is 5.32 Å². The topological polar surface area (TPSA) is 59.1 Å². The lowest BCUT2D eigenvalue weighted by Gasteiger charge is -2.16. The first-order valence-corrected chi connectivity index (χ1v) is 11.3. The molecule has 0 unspecified atom stereocenters. The molecule has 4 rings (SSSR count). The zero-order valence-electron chi connectivity index (χ0n) is 16.6. The van der Waals surface area contributed by atoms with Crippen LogP contribution in [0.3, 0.4) is 0 Å². The maximum Gasteiger partial charge on any atom is 0.207 e. The molecule has 0 aliphatic rings. The van der Waals surface area contributed by atoms with Crippen LogP contribution >= 0.6 is 12.2 Å². The van der Waals surface area contributed by atoms with E-state index in [1.807, 2.05) is 50.2 Å². The first kappa shape index (κ1) is 20.2. The fourth-order valence-corrected chi connectivity index (χ4v) is 5.37. The Balaban J connectivity index is 1.80. The Bertz CT molecular complexity index is 1360. The summed E-state index contributed by atoms with van der Waals surface area (Å²) in [6.07, 6.45) is 1.72. The van der Waals surface area contributed by atoms with Crippen molar-refractivity contribution in [1.82, 2.24) is 4.98 Å². The fraction of sp³-hybridized carbons (Fsp3) is 0.0833. The monoisotopic (exact) mass is 432 g/mol. The van der Waals surface area contributed by atoms with Crippen molar-refractivity contribution in [1.29, 1.82) is 0 Å². The molecule has 1 N–H and O–H groups in total. The summed E-state index contributed by atoms with van der Waals surface area (Å²) in [6.45, 7) is 3.78. The van der Waals surface area contributed by atoms with Crippen molar-refractivity contribution in [3.05, 3.63) is 95.7 Å². The number of hydrogen-bond acceptors (Lipinski definition) is 4. The van der Waals surface area contributed by atoms with Gasteiger partial charge >= 0.3 is 0 Å². The molecule has 0 saturated carbocycles. The second-order valence-electron chi connectivity index (χ2n) is 7.10. The molecule has 0 bridgehead atoms. The largest absolute Gasteiger partial charge is 0.344 e. The molecule has 0 fully saturated rings. The first-order valence-electron chi connectivity index (χ1n) is 9.44. The van der Waals surface area contributed by atoms with E-state index in [2.05, 4.69) is 10.3 Å². The molecule has 6 heteroatoms. The maximum atomic E-state index is 13.4. The minimum absolute atomic E-state index is 0.192. The van der Waals surface area contributed by atoms with E-state index < -0.39 is 9.84 Å². The number of nitrogens with one attached hydrogen (secondary N) is 1. The van der Waals surface area contributed by atoms with E-state index in [4.69, 9.17) is 12.2 Å². The molecule has 0 radical (unpaired) electrons. The van der Waals surface area contributed by atoms with E-state index in [1.165, 1.54) is 0 Å². The number of aromatic nitrogens is 1. The molecule has 0 spiro atoms. The molecule has 4 nitrogen and oxygen atoms in total. The van der Waals surface area contributed by atoms with Crippen LogP contribution in [0, 0.1) is 13.8 Å². The number of benzene rings is 3. The molecule has 0 amide bonds. The van der Waals surface area contributed by atoms with Gasteiger partial charge in [-0.15, -0.1) is 0 Å². The van der Waals surface area contributed by atoms with Gasteiger partial charge in [0, 0.05) is 17.1 Å². The van der Waals surface area contributed by atoms with Gasteiger partial charge in [0.25, 0.3) is 0 Å². The molecule has 0 saturated heterocycles. The summed E-state index contributed by atoms with van der Waals surface area (Å²) in [5.41, 5.74) is 3.80. The number of rotatable bonds is 4. The first-order chi connectivity index (χ1) is 14.4. The Kier molecular flexibility index (Phi) is 5.37. The fourth-order valence-electron chi connectivity index (χ4n) is 3.39. The molecule has 0 aliphatic carbocycles. The van der Waals surface area contributed by atoms with Crippen LogP contribution in [0.15, 0.2) is 88.8 Å². The zero-order valence-corrected chi connectivity index (χ0v) is 18.2. The van der Waals surface area contributed by atoms with Crippen molar-refractivity contribution in [3.63, 3.8) is 0 Å². The number of fused-ring (bicyclic) bond motifs is 1. The minimum atomic E-state index is -3.73. The highest BCUT2D eigenvalue weighted by atomic mass is 32.2. The van der Waals surface area contributed by atoms with E-state index in [0.717, 1.165) is 27.7 Å². The smallest absolute Gasteiger partial charge is 0.207 e. The van der Waals surface area contributed by atoms with Gasteiger partial charge in [0.1, 0.15) is 4.99 Å². The molecule has 3 aromatic carbocycles. The Morgan fingerprint density at radius 1 is 0.900 bits per heavy atom. The highest BCUT2D eigenvalue weighted by Gasteiger charge is 2.24. The average Bonchev–Trinajstić information content (AvgIpc) is 2.74. The van der Waals surface area contributed by atoms with Gasteiger partial charge in [-0.3, -0.25) is 4.98 Å². The summed E-state index contributed by atoms with van der Waals surface area (Å²) < 4.78 is 26.8. The molecule has 1 heterocycles. The lowest BCUT2D eigenvalue weighted by molar-refractivity contribution is 0.596. The molecule has 0 atom stereocenters. The van der Waals surface area contributed by atoms with Gasteiger partial charge < -0.3 is 5.32 Å². The van der Waals surface area contributed by atoms with Gasteiger partial charge in [0.15, 0.2) is 0 Å². The number of anilines is 1. The second-order valence-corrected chi connectivity index (χ2v) is 9.43. The zero-order chi connectivity index (χ0) is 21.3. The quantitative estimate of drug-likeness (QED) is 0.433. The van der Waals surface area contributed by atoms with E-state index in [0.29, 0.717) is 10.6 Å². The summed E-state index contributed by atoms with van der Waals surface area (Å²) >= 11 is 5.68. The highest BCUT2D eigenvalue weighted by molar-refractivity contribution is 7.91. The molecular weight excluding hydrogens is 412 g/mol. The average molecular weight is 433 g/mol. The molecular formula is C24H20N2O2S2. The van der Waals surface area contributed by atoms with E-state index in [1.54, 1.807) is 42.6 Å². The number of para-hydroxylation sites is 1. The summed E-state index contributed by atoms with van der Waals surface area (Å²) in [4.78, 5) is 5.22. The molecule has 30 heavy (non-hydrogen) atoms. The lowest BCUT2D eigenvalue weighted by atomic mass is 10.1. The Morgan fingerprint density at radius 3 is 2.37 bits per heavy atom.